The van der Waals surface area contributed by atoms with Gasteiger partial charge >= 0.3 is 5.69 Å². The predicted octanol–water partition coefficient (Wildman–Crippen LogP) is 3.58. The van der Waals surface area contributed by atoms with Gasteiger partial charge in [-0.3, -0.25) is 13.9 Å². The van der Waals surface area contributed by atoms with E-state index in [9.17, 15) is 9.59 Å². The highest BCUT2D eigenvalue weighted by molar-refractivity contribution is 5.71. The van der Waals surface area contributed by atoms with E-state index in [1.165, 1.54) is 4.57 Å². The summed E-state index contributed by atoms with van der Waals surface area (Å²) in [6, 6.07) is 18.0. The van der Waals surface area contributed by atoms with Crippen LogP contribution in [0.2, 0.25) is 0 Å². The molecule has 0 saturated heterocycles. The fourth-order valence-electron chi connectivity index (χ4n) is 4.83. The molecule has 0 radical (unpaired) electrons. The van der Waals surface area contributed by atoms with Gasteiger partial charge in [0.05, 0.1) is 0 Å². The van der Waals surface area contributed by atoms with Crippen molar-refractivity contribution in [3.05, 3.63) is 92.4 Å². The molecule has 0 aliphatic heterocycles. The highest BCUT2D eigenvalue weighted by Crippen LogP contribution is 2.18. The summed E-state index contributed by atoms with van der Waals surface area (Å²) in [7, 11) is 0. The Kier molecular flexibility index (Phi) is 8.95. The summed E-state index contributed by atoms with van der Waals surface area (Å²) >= 11 is 0. The van der Waals surface area contributed by atoms with E-state index in [1.54, 1.807) is 4.57 Å². The van der Waals surface area contributed by atoms with Crippen LogP contribution in [-0.4, -0.2) is 31.8 Å². The summed E-state index contributed by atoms with van der Waals surface area (Å²) in [6.07, 6.45) is 3.81. The molecule has 0 bridgehead atoms. The monoisotopic (exact) mass is 502 g/mol. The molecule has 2 heterocycles. The standard InChI is InChI=1S/C29H38N6O2/c1-3-18-35-28(36)26-27(34(29(35)37)19-11-10-15-23-14-8-9-16-24(23)30)32-25(33(26)20-17-31-4-2)21-22-12-6-5-7-13-22/h5-9,12-14,16,31H,3-4,10-11,15,17-21,30H2,1-2H3. The normalized spacial score (nSPS) is 11.4. The number of para-hydroxylation sites is 1. The molecule has 0 atom stereocenters. The Bertz CT molecular complexity index is 1430. The summed E-state index contributed by atoms with van der Waals surface area (Å²) in [5.74, 6) is 0.802. The first-order valence-electron chi connectivity index (χ1n) is 13.4. The Balaban J connectivity index is 1.73. The van der Waals surface area contributed by atoms with Crippen molar-refractivity contribution in [1.82, 2.24) is 24.0 Å². The van der Waals surface area contributed by atoms with Gasteiger partial charge in [0.25, 0.3) is 5.56 Å². The first-order valence-corrected chi connectivity index (χ1v) is 13.4. The SMILES string of the molecule is CCCn1c(=O)c2c(nc(Cc3ccccc3)n2CCNCC)n(CCCCc2ccccc2N)c1=O. The molecule has 196 valence electrons. The van der Waals surface area contributed by atoms with Gasteiger partial charge in [-0.15, -0.1) is 0 Å². The van der Waals surface area contributed by atoms with E-state index in [4.69, 9.17) is 10.7 Å². The fourth-order valence-corrected chi connectivity index (χ4v) is 4.83. The zero-order chi connectivity index (χ0) is 26.2. The van der Waals surface area contributed by atoms with Crippen LogP contribution in [0, 0.1) is 0 Å². The summed E-state index contributed by atoms with van der Waals surface area (Å²) in [5.41, 5.74) is 9.61. The molecule has 8 heteroatoms. The fraction of sp³-hybridized carbons (Fsp3) is 0.414. The van der Waals surface area contributed by atoms with Gasteiger partial charge in [0.1, 0.15) is 5.82 Å². The number of aromatic nitrogens is 4. The van der Waals surface area contributed by atoms with Crippen molar-refractivity contribution in [2.24, 2.45) is 0 Å². The van der Waals surface area contributed by atoms with Gasteiger partial charge < -0.3 is 15.6 Å². The molecule has 3 N–H and O–H groups in total. The maximum atomic E-state index is 13.6. The number of nitrogen functional groups attached to an aromatic ring is 1. The molecule has 2 aromatic heterocycles. The number of anilines is 1. The lowest BCUT2D eigenvalue weighted by Gasteiger charge is -2.13. The number of hydrogen-bond acceptors (Lipinski definition) is 5. The van der Waals surface area contributed by atoms with E-state index in [0.29, 0.717) is 50.2 Å². The lowest BCUT2D eigenvalue weighted by atomic mass is 10.1. The first-order chi connectivity index (χ1) is 18.0. The number of rotatable bonds is 13. The molecule has 2 aromatic carbocycles. The number of benzene rings is 2. The molecular formula is C29H38N6O2. The van der Waals surface area contributed by atoms with Gasteiger partial charge in [-0.05, 0) is 49.4 Å². The quantitative estimate of drug-likeness (QED) is 0.215. The number of nitrogens with zero attached hydrogens (tertiary/aromatic N) is 4. The van der Waals surface area contributed by atoms with Crippen molar-refractivity contribution < 1.29 is 0 Å². The lowest BCUT2D eigenvalue weighted by molar-refractivity contribution is 0.534. The van der Waals surface area contributed by atoms with Gasteiger partial charge in [-0.1, -0.05) is 62.4 Å². The van der Waals surface area contributed by atoms with Crippen molar-refractivity contribution in [3.63, 3.8) is 0 Å². The van der Waals surface area contributed by atoms with E-state index >= 15 is 0 Å². The third kappa shape index (κ3) is 6.02. The van der Waals surface area contributed by atoms with Gasteiger partial charge in [-0.25, -0.2) is 9.78 Å². The van der Waals surface area contributed by atoms with Crippen molar-refractivity contribution >= 4 is 16.9 Å². The Morgan fingerprint density at radius 1 is 0.865 bits per heavy atom. The molecule has 0 spiro atoms. The largest absolute Gasteiger partial charge is 0.399 e. The van der Waals surface area contributed by atoms with Gasteiger partial charge in [0.15, 0.2) is 11.2 Å². The van der Waals surface area contributed by atoms with Gasteiger partial charge in [-0.2, -0.15) is 0 Å². The number of unbranched alkanes of at least 4 members (excludes halogenated alkanes) is 1. The number of nitrogens with one attached hydrogen (secondary N) is 1. The summed E-state index contributed by atoms with van der Waals surface area (Å²) in [5, 5.41) is 3.35. The van der Waals surface area contributed by atoms with Crippen molar-refractivity contribution in [3.8, 4) is 0 Å². The van der Waals surface area contributed by atoms with E-state index < -0.39 is 0 Å². The molecule has 0 aliphatic rings. The third-order valence-corrected chi connectivity index (χ3v) is 6.74. The number of aryl methyl sites for hydroxylation is 2. The summed E-state index contributed by atoms with van der Waals surface area (Å²) in [6.45, 7) is 7.10. The van der Waals surface area contributed by atoms with Crippen molar-refractivity contribution in [1.29, 1.82) is 0 Å². The number of fused-ring (bicyclic) bond motifs is 1. The lowest BCUT2D eigenvalue weighted by Crippen LogP contribution is -2.41. The van der Waals surface area contributed by atoms with Gasteiger partial charge in [0, 0.05) is 38.3 Å². The van der Waals surface area contributed by atoms with Crippen molar-refractivity contribution in [2.75, 3.05) is 18.8 Å². The average molecular weight is 503 g/mol. The molecule has 0 amide bonds. The number of nitrogens with two attached hydrogens (primary N) is 1. The van der Waals surface area contributed by atoms with Crippen LogP contribution < -0.4 is 22.3 Å². The second-order valence-electron chi connectivity index (χ2n) is 9.41. The second kappa shape index (κ2) is 12.5. The molecule has 0 saturated carbocycles. The van der Waals surface area contributed by atoms with Crippen LogP contribution in [0.5, 0.6) is 0 Å². The molecule has 0 unspecified atom stereocenters. The van der Waals surface area contributed by atoms with E-state index in [-0.39, 0.29) is 11.2 Å². The number of hydrogen-bond donors (Lipinski definition) is 2. The Hall–Kier alpha value is -3.65. The molecule has 37 heavy (non-hydrogen) atoms. The summed E-state index contributed by atoms with van der Waals surface area (Å²) in [4.78, 5) is 32.0. The molecule has 0 fully saturated rings. The van der Waals surface area contributed by atoms with Crippen LogP contribution in [0.3, 0.4) is 0 Å². The molecule has 4 rings (SSSR count). The minimum absolute atomic E-state index is 0.251. The van der Waals surface area contributed by atoms with Crippen LogP contribution in [0.15, 0.2) is 64.2 Å². The Morgan fingerprint density at radius 2 is 1.62 bits per heavy atom. The van der Waals surface area contributed by atoms with Crippen LogP contribution in [0.4, 0.5) is 5.69 Å². The van der Waals surface area contributed by atoms with E-state index in [0.717, 1.165) is 48.4 Å². The van der Waals surface area contributed by atoms with Crippen molar-refractivity contribution in [2.45, 2.75) is 65.6 Å². The van der Waals surface area contributed by atoms with E-state index in [1.807, 2.05) is 54.0 Å². The van der Waals surface area contributed by atoms with Crippen LogP contribution in [-0.2, 0) is 32.5 Å². The third-order valence-electron chi connectivity index (χ3n) is 6.74. The topological polar surface area (TPSA) is 99.9 Å². The molecule has 8 nitrogen and oxygen atoms in total. The Labute approximate surface area is 217 Å². The average Bonchev–Trinajstić information content (AvgIpc) is 3.25. The van der Waals surface area contributed by atoms with Crippen LogP contribution in [0.1, 0.15) is 50.1 Å². The molecule has 4 aromatic rings. The predicted molar refractivity (Wildman–Crippen MR) is 150 cm³/mol. The smallest absolute Gasteiger partial charge is 0.332 e. The zero-order valence-corrected chi connectivity index (χ0v) is 21.9. The maximum Gasteiger partial charge on any atom is 0.332 e. The minimum atomic E-state index is -0.277. The second-order valence-corrected chi connectivity index (χ2v) is 9.41. The number of likely N-dealkylation sites (N-methyl/N-ethyl adjacent to an activating group) is 1. The minimum Gasteiger partial charge on any atom is -0.399 e. The molecular weight excluding hydrogens is 464 g/mol. The zero-order valence-electron chi connectivity index (χ0n) is 21.9. The summed E-state index contributed by atoms with van der Waals surface area (Å²) < 4.78 is 5.11. The van der Waals surface area contributed by atoms with Crippen LogP contribution in [0.25, 0.3) is 11.2 Å². The number of imidazole rings is 1. The molecule has 0 aliphatic carbocycles. The van der Waals surface area contributed by atoms with Gasteiger partial charge in [0.2, 0.25) is 0 Å². The van der Waals surface area contributed by atoms with E-state index in [2.05, 4.69) is 24.4 Å². The Morgan fingerprint density at radius 3 is 2.35 bits per heavy atom. The maximum absolute atomic E-state index is 13.6. The first kappa shape index (κ1) is 26.4. The van der Waals surface area contributed by atoms with Crippen LogP contribution >= 0.6 is 0 Å². The highest BCUT2D eigenvalue weighted by Gasteiger charge is 2.21. The highest BCUT2D eigenvalue weighted by atomic mass is 16.2.